The molecule has 0 radical (unpaired) electrons. The van der Waals surface area contributed by atoms with E-state index in [2.05, 4.69) is 0 Å². The van der Waals surface area contributed by atoms with Gasteiger partial charge in [-0.3, -0.25) is 0 Å². The third kappa shape index (κ3) is 2.59. The fourth-order valence-electron chi connectivity index (χ4n) is 2.70. The van der Waals surface area contributed by atoms with E-state index in [1.165, 1.54) is 13.2 Å². The molecule has 0 aliphatic rings. The van der Waals surface area contributed by atoms with Crippen LogP contribution in [-0.2, 0) is 5.60 Å². The van der Waals surface area contributed by atoms with Crippen molar-refractivity contribution in [1.82, 2.24) is 0 Å². The van der Waals surface area contributed by atoms with Crippen LogP contribution in [0.3, 0.4) is 0 Å². The van der Waals surface area contributed by atoms with Gasteiger partial charge in [-0.2, -0.15) is 0 Å². The fraction of sp³-hybridized carbons (Fsp3) is 0.333. The van der Waals surface area contributed by atoms with E-state index in [0.29, 0.717) is 5.56 Å². The molecule has 0 aliphatic heterocycles. The fourth-order valence-corrected chi connectivity index (χ4v) is 2.70. The van der Waals surface area contributed by atoms with Crippen LogP contribution in [0.5, 0.6) is 5.75 Å². The predicted octanol–water partition coefficient (Wildman–Crippen LogP) is 4.20. The van der Waals surface area contributed by atoms with Crippen molar-refractivity contribution in [3.63, 3.8) is 0 Å². The molecule has 2 aromatic carbocycles. The minimum atomic E-state index is -3.39. The summed E-state index contributed by atoms with van der Waals surface area (Å²) >= 11 is 0. The number of methoxy groups -OCH3 is 1. The molecule has 2 aromatic rings. The van der Waals surface area contributed by atoms with Crippen molar-refractivity contribution in [2.45, 2.75) is 32.3 Å². The molecule has 0 bridgehead atoms. The lowest BCUT2D eigenvalue weighted by Crippen LogP contribution is -2.45. The first kappa shape index (κ1) is 16.4. The Kier molecular flexibility index (Phi) is 4.25. The molecule has 2 rings (SSSR count). The van der Waals surface area contributed by atoms with Gasteiger partial charge in [0.25, 0.3) is 5.92 Å². The van der Waals surface area contributed by atoms with Crippen LogP contribution in [0.15, 0.2) is 42.5 Å². The van der Waals surface area contributed by atoms with Gasteiger partial charge in [0.05, 0.1) is 7.11 Å². The van der Waals surface area contributed by atoms with Gasteiger partial charge in [0.2, 0.25) is 0 Å². The highest BCUT2D eigenvalue weighted by Crippen LogP contribution is 2.47. The summed E-state index contributed by atoms with van der Waals surface area (Å²) in [5.41, 5.74) is -0.860. The number of benzene rings is 2. The summed E-state index contributed by atoms with van der Waals surface area (Å²) in [6.07, 6.45) is 0. The van der Waals surface area contributed by atoms with Crippen LogP contribution in [0.1, 0.15) is 29.2 Å². The van der Waals surface area contributed by atoms with Crippen molar-refractivity contribution >= 4 is 0 Å². The number of rotatable bonds is 4. The highest BCUT2D eigenvalue weighted by molar-refractivity contribution is 5.50. The van der Waals surface area contributed by atoms with Crippen LogP contribution < -0.4 is 4.74 Å². The highest BCUT2D eigenvalue weighted by Gasteiger charge is 2.53. The van der Waals surface area contributed by atoms with E-state index >= 15 is 0 Å². The second-order valence-corrected chi connectivity index (χ2v) is 5.62. The van der Waals surface area contributed by atoms with E-state index in [0.717, 1.165) is 12.5 Å². The van der Waals surface area contributed by atoms with Gasteiger partial charge < -0.3 is 9.84 Å². The van der Waals surface area contributed by atoms with Crippen molar-refractivity contribution in [3.8, 4) is 5.75 Å². The average Bonchev–Trinajstić information content (AvgIpc) is 2.45. The third-order valence-corrected chi connectivity index (χ3v) is 3.91. The van der Waals surface area contributed by atoms with Gasteiger partial charge >= 0.3 is 0 Å². The summed E-state index contributed by atoms with van der Waals surface area (Å²) in [6, 6.07) is 11.5. The molecule has 1 atom stereocenters. The standard InChI is InChI=1S/C18H20F2O2/c1-12-9-10-16(22-4)15(11-12)18(21,17(3,19)20)14-8-6-5-7-13(14)2/h5-11,21H,1-4H3. The van der Waals surface area contributed by atoms with Crippen LogP contribution in [0, 0.1) is 13.8 Å². The van der Waals surface area contributed by atoms with Crippen LogP contribution in [0.4, 0.5) is 8.78 Å². The summed E-state index contributed by atoms with van der Waals surface area (Å²) in [7, 11) is 1.40. The number of aryl methyl sites for hydroxylation is 2. The normalized spacial score (nSPS) is 14.5. The molecule has 0 spiro atoms. The van der Waals surface area contributed by atoms with Gasteiger partial charge in [0.15, 0.2) is 5.60 Å². The topological polar surface area (TPSA) is 29.5 Å². The van der Waals surface area contributed by atoms with Gasteiger partial charge in [-0.1, -0.05) is 35.9 Å². The lowest BCUT2D eigenvalue weighted by Gasteiger charge is -2.36. The molecule has 1 unspecified atom stereocenters. The van der Waals surface area contributed by atoms with Gasteiger partial charge in [0.1, 0.15) is 5.75 Å². The summed E-state index contributed by atoms with van der Waals surface area (Å²) < 4.78 is 34.1. The first-order chi connectivity index (χ1) is 10.2. The number of aliphatic hydroxyl groups is 1. The number of hydrogen-bond acceptors (Lipinski definition) is 2. The Bertz CT molecular complexity index is 677. The molecule has 0 saturated heterocycles. The molecule has 0 aromatic heterocycles. The zero-order chi connectivity index (χ0) is 16.5. The summed E-state index contributed by atoms with van der Waals surface area (Å²) in [6.45, 7) is 4.21. The molecular formula is C18H20F2O2. The van der Waals surface area contributed by atoms with Crippen LogP contribution in [0.25, 0.3) is 0 Å². The molecule has 0 amide bonds. The van der Waals surface area contributed by atoms with Crippen molar-refractivity contribution in [2.75, 3.05) is 7.11 Å². The van der Waals surface area contributed by atoms with E-state index < -0.39 is 11.5 Å². The van der Waals surface area contributed by atoms with Crippen molar-refractivity contribution in [3.05, 3.63) is 64.7 Å². The molecule has 0 fully saturated rings. The summed E-state index contributed by atoms with van der Waals surface area (Å²) in [5, 5.41) is 11.1. The Balaban J connectivity index is 2.83. The summed E-state index contributed by atoms with van der Waals surface area (Å²) in [5.74, 6) is -3.15. The Labute approximate surface area is 129 Å². The molecule has 0 heterocycles. The Morgan fingerprint density at radius 3 is 2.18 bits per heavy atom. The minimum Gasteiger partial charge on any atom is -0.496 e. The van der Waals surface area contributed by atoms with E-state index in [9.17, 15) is 13.9 Å². The van der Waals surface area contributed by atoms with E-state index in [-0.39, 0.29) is 16.9 Å². The first-order valence-electron chi connectivity index (χ1n) is 7.03. The number of halogens is 2. The lowest BCUT2D eigenvalue weighted by atomic mass is 9.78. The molecule has 1 N–H and O–H groups in total. The second kappa shape index (κ2) is 5.69. The average molecular weight is 306 g/mol. The zero-order valence-corrected chi connectivity index (χ0v) is 13.2. The van der Waals surface area contributed by atoms with Crippen molar-refractivity contribution in [2.24, 2.45) is 0 Å². The van der Waals surface area contributed by atoms with Gasteiger partial charge in [-0.05, 0) is 37.1 Å². The van der Waals surface area contributed by atoms with Crippen LogP contribution in [-0.4, -0.2) is 18.1 Å². The molecule has 0 aliphatic carbocycles. The minimum absolute atomic E-state index is 0.0665. The number of hydrogen-bond donors (Lipinski definition) is 1. The first-order valence-corrected chi connectivity index (χ1v) is 7.03. The zero-order valence-electron chi connectivity index (χ0n) is 13.2. The van der Waals surface area contributed by atoms with Gasteiger partial charge in [-0.15, -0.1) is 0 Å². The number of ether oxygens (including phenoxy) is 1. The maximum absolute atomic E-state index is 14.5. The largest absolute Gasteiger partial charge is 0.496 e. The third-order valence-electron chi connectivity index (χ3n) is 3.91. The Morgan fingerprint density at radius 1 is 1.00 bits per heavy atom. The second-order valence-electron chi connectivity index (χ2n) is 5.62. The lowest BCUT2D eigenvalue weighted by molar-refractivity contribution is -0.152. The number of alkyl halides is 2. The van der Waals surface area contributed by atoms with Crippen LogP contribution in [0.2, 0.25) is 0 Å². The molecule has 2 nitrogen and oxygen atoms in total. The Hall–Kier alpha value is -1.94. The molecular weight excluding hydrogens is 286 g/mol. The van der Waals surface area contributed by atoms with Crippen molar-refractivity contribution < 1.29 is 18.6 Å². The van der Waals surface area contributed by atoms with Crippen molar-refractivity contribution in [1.29, 1.82) is 0 Å². The molecule has 4 heteroatoms. The highest BCUT2D eigenvalue weighted by atomic mass is 19.3. The molecule has 0 saturated carbocycles. The summed E-state index contributed by atoms with van der Waals surface area (Å²) in [4.78, 5) is 0. The monoisotopic (exact) mass is 306 g/mol. The van der Waals surface area contributed by atoms with Gasteiger partial charge in [0, 0.05) is 12.5 Å². The van der Waals surface area contributed by atoms with Crippen LogP contribution >= 0.6 is 0 Å². The SMILES string of the molecule is COc1ccc(C)cc1C(O)(c1ccccc1C)C(C)(F)F. The quantitative estimate of drug-likeness (QED) is 0.917. The maximum Gasteiger partial charge on any atom is 0.281 e. The molecule has 118 valence electrons. The van der Waals surface area contributed by atoms with Gasteiger partial charge in [-0.25, -0.2) is 8.78 Å². The predicted molar refractivity (Wildman–Crippen MR) is 82.5 cm³/mol. The molecule has 22 heavy (non-hydrogen) atoms. The van der Waals surface area contributed by atoms with E-state index in [1.54, 1.807) is 50.2 Å². The Morgan fingerprint density at radius 2 is 1.64 bits per heavy atom. The van der Waals surface area contributed by atoms with E-state index in [4.69, 9.17) is 4.74 Å². The van der Waals surface area contributed by atoms with E-state index in [1.807, 2.05) is 0 Å². The smallest absolute Gasteiger partial charge is 0.281 e. The maximum atomic E-state index is 14.5.